The van der Waals surface area contributed by atoms with Crippen molar-refractivity contribution in [2.24, 2.45) is 5.92 Å². The molecule has 0 aliphatic heterocycles. The van der Waals surface area contributed by atoms with E-state index in [-0.39, 0.29) is 24.1 Å². The Kier molecular flexibility index (Phi) is 4.77. The van der Waals surface area contributed by atoms with Crippen molar-refractivity contribution in [2.45, 2.75) is 44.2 Å². The van der Waals surface area contributed by atoms with Crippen LogP contribution < -0.4 is 0 Å². The van der Waals surface area contributed by atoms with Crippen molar-refractivity contribution in [3.63, 3.8) is 0 Å². The molecule has 6 heteroatoms. The number of hydrogen-bond donors (Lipinski definition) is 1. The number of rotatable bonds is 7. The van der Waals surface area contributed by atoms with E-state index in [0.717, 1.165) is 12.8 Å². The SMILES string of the molecule is C#CCN(CC1CC1)S(=O)(=O)c1cc(CO)n(C(C)C)c1. The molecule has 1 saturated carbocycles. The number of aliphatic hydroxyl groups excluding tert-OH is 1. The lowest BCUT2D eigenvalue weighted by Crippen LogP contribution is -2.33. The Balaban J connectivity index is 2.34. The molecule has 2 rings (SSSR count). The van der Waals surface area contributed by atoms with Gasteiger partial charge in [-0.05, 0) is 38.7 Å². The molecule has 21 heavy (non-hydrogen) atoms. The van der Waals surface area contributed by atoms with E-state index in [0.29, 0.717) is 18.2 Å². The number of aromatic nitrogens is 1. The van der Waals surface area contributed by atoms with E-state index in [9.17, 15) is 13.5 Å². The third-order valence-corrected chi connectivity index (χ3v) is 5.47. The maximum Gasteiger partial charge on any atom is 0.245 e. The Morgan fingerprint density at radius 2 is 2.19 bits per heavy atom. The topological polar surface area (TPSA) is 62.5 Å². The highest BCUT2D eigenvalue weighted by Gasteiger charge is 2.32. The second-order valence-corrected chi connectivity index (χ2v) is 7.71. The average Bonchev–Trinajstić information content (AvgIpc) is 3.12. The third-order valence-electron chi connectivity index (χ3n) is 3.69. The van der Waals surface area contributed by atoms with Crippen LogP contribution in [0.1, 0.15) is 38.4 Å². The zero-order valence-electron chi connectivity index (χ0n) is 12.5. The molecule has 1 aliphatic carbocycles. The minimum absolute atomic E-state index is 0.0835. The molecule has 0 amide bonds. The molecule has 0 unspecified atom stereocenters. The summed E-state index contributed by atoms with van der Waals surface area (Å²) in [6, 6.07) is 1.62. The van der Waals surface area contributed by atoms with Gasteiger partial charge in [0.05, 0.1) is 13.2 Å². The van der Waals surface area contributed by atoms with Gasteiger partial charge in [-0.25, -0.2) is 8.42 Å². The molecule has 0 bridgehead atoms. The fraction of sp³-hybridized carbons (Fsp3) is 0.600. The lowest BCUT2D eigenvalue weighted by molar-refractivity contribution is 0.268. The molecule has 1 heterocycles. The van der Waals surface area contributed by atoms with Crippen LogP contribution in [0.25, 0.3) is 0 Å². The summed E-state index contributed by atoms with van der Waals surface area (Å²) in [5.74, 6) is 2.85. The van der Waals surface area contributed by atoms with Crippen LogP contribution in [0, 0.1) is 18.3 Å². The quantitative estimate of drug-likeness (QED) is 0.778. The predicted molar refractivity (Wildman–Crippen MR) is 81.1 cm³/mol. The van der Waals surface area contributed by atoms with Gasteiger partial charge >= 0.3 is 0 Å². The fourth-order valence-electron chi connectivity index (χ4n) is 2.33. The van der Waals surface area contributed by atoms with Crippen molar-refractivity contribution in [2.75, 3.05) is 13.1 Å². The van der Waals surface area contributed by atoms with Crippen molar-refractivity contribution in [3.8, 4) is 12.3 Å². The van der Waals surface area contributed by atoms with E-state index in [2.05, 4.69) is 5.92 Å². The Labute approximate surface area is 126 Å². The van der Waals surface area contributed by atoms with Crippen LogP contribution in [-0.2, 0) is 16.6 Å². The first-order chi connectivity index (χ1) is 9.90. The summed E-state index contributed by atoms with van der Waals surface area (Å²) in [4.78, 5) is 0.205. The number of aliphatic hydroxyl groups is 1. The standard InChI is InChI=1S/C15H22N2O3S/c1-4-7-16(9-13-5-6-13)21(19,20)15-8-14(11-18)17(10-15)12(2)3/h1,8,10,12-13,18H,5-7,9,11H2,2-3H3. The van der Waals surface area contributed by atoms with Gasteiger partial charge in [0.25, 0.3) is 0 Å². The first-order valence-corrected chi connectivity index (χ1v) is 8.59. The fourth-order valence-corrected chi connectivity index (χ4v) is 3.81. The lowest BCUT2D eigenvalue weighted by atomic mass is 10.3. The molecule has 1 aromatic rings. The summed E-state index contributed by atoms with van der Waals surface area (Å²) < 4.78 is 28.6. The summed E-state index contributed by atoms with van der Waals surface area (Å²) in [6.07, 6.45) is 9.02. The molecule has 1 aliphatic rings. The van der Waals surface area contributed by atoms with Gasteiger partial charge in [0.15, 0.2) is 0 Å². The van der Waals surface area contributed by atoms with E-state index in [1.165, 1.54) is 10.4 Å². The molecule has 1 fully saturated rings. The van der Waals surface area contributed by atoms with Crippen molar-refractivity contribution >= 4 is 10.0 Å². The first kappa shape index (κ1) is 16.1. The predicted octanol–water partition coefficient (Wildman–Crippen LogP) is 1.60. The molecule has 1 N–H and O–H groups in total. The largest absolute Gasteiger partial charge is 0.390 e. The van der Waals surface area contributed by atoms with Gasteiger partial charge in [0, 0.05) is 24.5 Å². The number of terminal acetylenes is 1. The maximum absolute atomic E-state index is 12.7. The van der Waals surface area contributed by atoms with E-state index >= 15 is 0 Å². The van der Waals surface area contributed by atoms with E-state index in [4.69, 9.17) is 6.42 Å². The molecule has 5 nitrogen and oxygen atoms in total. The van der Waals surface area contributed by atoms with Gasteiger partial charge in [-0.2, -0.15) is 4.31 Å². The highest BCUT2D eigenvalue weighted by atomic mass is 32.2. The Morgan fingerprint density at radius 3 is 2.62 bits per heavy atom. The van der Waals surface area contributed by atoms with Gasteiger partial charge in [0.2, 0.25) is 10.0 Å². The Morgan fingerprint density at radius 1 is 1.52 bits per heavy atom. The van der Waals surface area contributed by atoms with E-state index in [1.54, 1.807) is 10.8 Å². The first-order valence-electron chi connectivity index (χ1n) is 7.15. The Bertz CT molecular complexity index is 636. The molecule has 0 atom stereocenters. The summed E-state index contributed by atoms with van der Waals surface area (Å²) in [5, 5.41) is 9.38. The molecular formula is C15H22N2O3S. The molecule has 1 aromatic heterocycles. The molecular weight excluding hydrogens is 288 g/mol. The van der Waals surface area contributed by atoms with E-state index < -0.39 is 10.0 Å². The smallest absolute Gasteiger partial charge is 0.245 e. The number of hydrogen-bond acceptors (Lipinski definition) is 3. The number of nitrogens with zero attached hydrogens (tertiary/aromatic N) is 2. The average molecular weight is 310 g/mol. The highest BCUT2D eigenvalue weighted by molar-refractivity contribution is 7.89. The van der Waals surface area contributed by atoms with Gasteiger partial charge in [-0.15, -0.1) is 6.42 Å². The molecule has 0 radical (unpaired) electrons. The van der Waals surface area contributed by atoms with Gasteiger partial charge in [-0.3, -0.25) is 0 Å². The Hall–Kier alpha value is -1.29. The summed E-state index contributed by atoms with van der Waals surface area (Å²) >= 11 is 0. The monoisotopic (exact) mass is 310 g/mol. The maximum atomic E-state index is 12.7. The zero-order chi connectivity index (χ0) is 15.6. The molecule has 0 aromatic carbocycles. The summed E-state index contributed by atoms with van der Waals surface area (Å²) in [6.45, 7) is 4.26. The van der Waals surface area contributed by atoms with Gasteiger partial charge < -0.3 is 9.67 Å². The van der Waals surface area contributed by atoms with Crippen LogP contribution in [0.5, 0.6) is 0 Å². The second-order valence-electron chi connectivity index (χ2n) is 5.77. The third kappa shape index (κ3) is 3.49. The molecule has 0 saturated heterocycles. The lowest BCUT2D eigenvalue weighted by Gasteiger charge is -2.18. The molecule has 116 valence electrons. The summed E-state index contributed by atoms with van der Waals surface area (Å²) in [5.41, 5.74) is 0.593. The van der Waals surface area contributed by atoms with Crippen LogP contribution in [0.4, 0.5) is 0 Å². The van der Waals surface area contributed by atoms with Crippen LogP contribution in [0.15, 0.2) is 17.2 Å². The van der Waals surface area contributed by atoms with Gasteiger partial charge in [-0.1, -0.05) is 5.92 Å². The minimum atomic E-state index is -3.60. The number of sulfonamides is 1. The minimum Gasteiger partial charge on any atom is -0.390 e. The van der Waals surface area contributed by atoms with Crippen molar-refractivity contribution in [1.29, 1.82) is 0 Å². The van der Waals surface area contributed by atoms with E-state index in [1.807, 2.05) is 13.8 Å². The molecule has 0 spiro atoms. The highest BCUT2D eigenvalue weighted by Crippen LogP contribution is 2.32. The normalized spacial score (nSPS) is 15.6. The summed E-state index contributed by atoms with van der Waals surface area (Å²) in [7, 11) is -3.60. The van der Waals surface area contributed by atoms with Crippen molar-refractivity contribution < 1.29 is 13.5 Å². The van der Waals surface area contributed by atoms with Crippen LogP contribution in [0.2, 0.25) is 0 Å². The second kappa shape index (κ2) is 6.22. The van der Waals surface area contributed by atoms with Crippen molar-refractivity contribution in [1.82, 2.24) is 8.87 Å². The van der Waals surface area contributed by atoms with Crippen LogP contribution in [0.3, 0.4) is 0 Å². The zero-order valence-corrected chi connectivity index (χ0v) is 13.3. The van der Waals surface area contributed by atoms with Crippen LogP contribution >= 0.6 is 0 Å². The van der Waals surface area contributed by atoms with Crippen LogP contribution in [-0.4, -0.2) is 35.5 Å². The van der Waals surface area contributed by atoms with Crippen molar-refractivity contribution in [3.05, 3.63) is 18.0 Å². The van der Waals surface area contributed by atoms with Gasteiger partial charge in [0.1, 0.15) is 4.90 Å².